The minimum atomic E-state index is -1.78. The van der Waals surface area contributed by atoms with Gasteiger partial charge in [0.05, 0.1) is 11.7 Å². The first-order valence-electron chi connectivity index (χ1n) is 7.08. The van der Waals surface area contributed by atoms with Crippen LogP contribution in [0.5, 0.6) is 0 Å². The minimum Gasteiger partial charge on any atom is -0.444 e. The highest BCUT2D eigenvalue weighted by Crippen LogP contribution is 2.26. The molecule has 0 aliphatic carbocycles. The van der Waals surface area contributed by atoms with Gasteiger partial charge in [0, 0.05) is 12.2 Å². The molecule has 0 saturated heterocycles. The summed E-state index contributed by atoms with van der Waals surface area (Å²) in [5, 5.41) is 22.1. The molecule has 23 heavy (non-hydrogen) atoms. The monoisotopic (exact) mass is 332 g/mol. The average molecular weight is 332 g/mol. The number of carbonyl (C=O) groups excluding carboxylic acids is 1. The molecule has 0 fully saturated rings. The van der Waals surface area contributed by atoms with Gasteiger partial charge >= 0.3 is 6.09 Å². The van der Waals surface area contributed by atoms with Crippen molar-refractivity contribution in [2.45, 2.75) is 45.0 Å². The van der Waals surface area contributed by atoms with Crippen LogP contribution in [0.3, 0.4) is 0 Å². The third-order valence-corrected chi connectivity index (χ3v) is 2.87. The van der Waals surface area contributed by atoms with Crippen LogP contribution in [0.1, 0.15) is 38.9 Å². The fourth-order valence-corrected chi connectivity index (χ4v) is 1.87. The highest BCUT2D eigenvalue weighted by atomic mass is 19.1. The van der Waals surface area contributed by atoms with Crippen molar-refractivity contribution in [1.82, 2.24) is 5.32 Å². The number of anilines is 1. The van der Waals surface area contributed by atoms with Gasteiger partial charge in [-0.05, 0) is 39.3 Å². The second kappa shape index (κ2) is 7.56. The van der Waals surface area contributed by atoms with E-state index in [0.29, 0.717) is 0 Å². The molecule has 2 atom stereocenters. The Morgan fingerprint density at radius 1 is 1.30 bits per heavy atom. The highest BCUT2D eigenvalue weighted by Gasteiger charge is 2.25. The minimum absolute atomic E-state index is 0.0364. The number of aliphatic hydroxyl groups is 2. The maximum absolute atomic E-state index is 13.7. The summed E-state index contributed by atoms with van der Waals surface area (Å²) in [5.41, 5.74) is 3.82. The smallest absolute Gasteiger partial charge is 0.407 e. The molecule has 0 aliphatic rings. The van der Waals surface area contributed by atoms with Crippen LogP contribution >= 0.6 is 0 Å². The summed E-state index contributed by atoms with van der Waals surface area (Å²) >= 11 is 0. The molecule has 0 aromatic heterocycles. The zero-order chi connectivity index (χ0) is 17.8. The summed E-state index contributed by atoms with van der Waals surface area (Å²) < 4.78 is 32.3. The van der Waals surface area contributed by atoms with Crippen LogP contribution in [-0.2, 0) is 4.74 Å². The van der Waals surface area contributed by atoms with Gasteiger partial charge in [-0.15, -0.1) is 0 Å². The number of nitrogens with one attached hydrogen (secondary N) is 1. The maximum atomic E-state index is 13.7. The SMILES string of the molecule is CC(C)(C)OC(=O)NCCC(O)C(O)c1c(F)cc(N)cc1F. The van der Waals surface area contributed by atoms with E-state index in [0.717, 1.165) is 12.1 Å². The van der Waals surface area contributed by atoms with E-state index in [2.05, 4.69) is 5.32 Å². The summed E-state index contributed by atoms with van der Waals surface area (Å²) in [6.07, 6.45) is -4.07. The van der Waals surface area contributed by atoms with Crippen molar-refractivity contribution in [2.24, 2.45) is 0 Å². The van der Waals surface area contributed by atoms with E-state index in [4.69, 9.17) is 10.5 Å². The number of nitrogen functional groups attached to an aromatic ring is 1. The number of nitrogens with two attached hydrogens (primary N) is 1. The summed E-state index contributed by atoms with van der Waals surface area (Å²) in [4.78, 5) is 11.4. The van der Waals surface area contributed by atoms with Crippen molar-refractivity contribution in [3.05, 3.63) is 29.3 Å². The van der Waals surface area contributed by atoms with Gasteiger partial charge in [-0.1, -0.05) is 0 Å². The van der Waals surface area contributed by atoms with Crippen molar-refractivity contribution in [3.63, 3.8) is 0 Å². The summed E-state index contributed by atoms with van der Waals surface area (Å²) in [7, 11) is 0. The Kier molecular flexibility index (Phi) is 6.28. The number of rotatable bonds is 5. The molecule has 0 radical (unpaired) electrons. The Balaban J connectivity index is 2.59. The fourth-order valence-electron chi connectivity index (χ4n) is 1.87. The first kappa shape index (κ1) is 19.1. The molecule has 1 aromatic carbocycles. The predicted molar refractivity (Wildman–Crippen MR) is 80.6 cm³/mol. The molecule has 6 nitrogen and oxygen atoms in total. The summed E-state index contributed by atoms with van der Waals surface area (Å²) in [6, 6.07) is 1.71. The van der Waals surface area contributed by atoms with Gasteiger partial charge in [0.15, 0.2) is 0 Å². The molecule has 0 aliphatic heterocycles. The molecule has 5 N–H and O–H groups in total. The lowest BCUT2D eigenvalue weighted by Gasteiger charge is -2.21. The average Bonchev–Trinajstić information content (AvgIpc) is 2.34. The first-order valence-corrected chi connectivity index (χ1v) is 7.08. The highest BCUT2D eigenvalue weighted by molar-refractivity contribution is 5.67. The van der Waals surface area contributed by atoms with Gasteiger partial charge in [-0.3, -0.25) is 0 Å². The molecule has 1 rings (SSSR count). The molecule has 1 amide bonds. The number of benzene rings is 1. The van der Waals surface area contributed by atoms with Gasteiger partial charge < -0.3 is 26.0 Å². The molecule has 0 heterocycles. The molecule has 0 spiro atoms. The van der Waals surface area contributed by atoms with Gasteiger partial charge in [0.2, 0.25) is 0 Å². The summed E-state index contributed by atoms with van der Waals surface area (Å²) in [5.74, 6) is -2.09. The molecule has 8 heteroatoms. The Morgan fingerprint density at radius 2 is 1.83 bits per heavy atom. The Bertz CT molecular complexity index is 538. The van der Waals surface area contributed by atoms with E-state index < -0.39 is 41.1 Å². The predicted octanol–water partition coefficient (Wildman–Crippen LogP) is 1.86. The number of aliphatic hydroxyl groups excluding tert-OH is 2. The van der Waals surface area contributed by atoms with Crippen molar-refractivity contribution >= 4 is 11.8 Å². The third-order valence-electron chi connectivity index (χ3n) is 2.87. The molecule has 1 aromatic rings. The maximum Gasteiger partial charge on any atom is 0.407 e. The van der Waals surface area contributed by atoms with E-state index in [-0.39, 0.29) is 18.7 Å². The lowest BCUT2D eigenvalue weighted by Crippen LogP contribution is -2.34. The van der Waals surface area contributed by atoms with Crippen LogP contribution in [-0.4, -0.2) is 34.6 Å². The van der Waals surface area contributed by atoms with E-state index in [9.17, 15) is 23.8 Å². The number of hydrogen-bond donors (Lipinski definition) is 4. The molecule has 130 valence electrons. The second-order valence-corrected chi connectivity index (χ2v) is 6.13. The van der Waals surface area contributed by atoms with Gasteiger partial charge in [0.25, 0.3) is 0 Å². The van der Waals surface area contributed by atoms with Crippen LogP contribution < -0.4 is 11.1 Å². The lowest BCUT2D eigenvalue weighted by atomic mass is 10.0. The number of amides is 1. The second-order valence-electron chi connectivity index (χ2n) is 6.13. The standard InChI is InChI=1S/C15H22F2N2O4/c1-15(2,3)23-14(22)19-5-4-11(20)13(21)12-9(16)6-8(18)7-10(12)17/h6-7,11,13,20-21H,4-5,18H2,1-3H3,(H,19,22). The molecule has 0 saturated carbocycles. The van der Waals surface area contributed by atoms with Crippen LogP contribution in [0.15, 0.2) is 12.1 Å². The number of carbonyl (C=O) groups is 1. The molecular formula is C15H22F2N2O4. The Hall–Kier alpha value is -1.93. The number of hydrogen-bond acceptors (Lipinski definition) is 5. The quantitative estimate of drug-likeness (QED) is 0.616. The van der Waals surface area contributed by atoms with Crippen LogP contribution in [0.4, 0.5) is 19.3 Å². The van der Waals surface area contributed by atoms with Crippen molar-refractivity contribution < 1.29 is 28.5 Å². The zero-order valence-corrected chi connectivity index (χ0v) is 13.3. The Labute approximate surface area is 133 Å². The largest absolute Gasteiger partial charge is 0.444 e. The van der Waals surface area contributed by atoms with Crippen LogP contribution in [0.25, 0.3) is 0 Å². The van der Waals surface area contributed by atoms with E-state index in [1.165, 1.54) is 0 Å². The number of ether oxygens (including phenoxy) is 1. The third kappa shape index (κ3) is 5.99. The van der Waals surface area contributed by atoms with Gasteiger partial charge in [0.1, 0.15) is 23.3 Å². The topological polar surface area (TPSA) is 105 Å². The summed E-state index contributed by atoms with van der Waals surface area (Å²) in [6.45, 7) is 5.04. The van der Waals surface area contributed by atoms with Crippen LogP contribution in [0, 0.1) is 11.6 Å². The van der Waals surface area contributed by atoms with E-state index in [1.807, 2.05) is 0 Å². The van der Waals surface area contributed by atoms with Gasteiger partial charge in [-0.25, -0.2) is 13.6 Å². The van der Waals surface area contributed by atoms with Gasteiger partial charge in [-0.2, -0.15) is 0 Å². The fraction of sp³-hybridized carbons (Fsp3) is 0.533. The van der Waals surface area contributed by atoms with Crippen molar-refractivity contribution in [1.29, 1.82) is 0 Å². The molecule has 0 bridgehead atoms. The van der Waals surface area contributed by atoms with Crippen molar-refractivity contribution in [3.8, 4) is 0 Å². The van der Waals surface area contributed by atoms with E-state index >= 15 is 0 Å². The van der Waals surface area contributed by atoms with E-state index in [1.54, 1.807) is 20.8 Å². The van der Waals surface area contributed by atoms with Crippen LogP contribution in [0.2, 0.25) is 0 Å². The zero-order valence-electron chi connectivity index (χ0n) is 13.3. The normalized spacial score (nSPS) is 14.2. The Morgan fingerprint density at radius 3 is 2.30 bits per heavy atom. The molecule has 2 unspecified atom stereocenters. The first-order chi connectivity index (χ1) is 10.5. The van der Waals surface area contributed by atoms with Crippen molar-refractivity contribution in [2.75, 3.05) is 12.3 Å². The number of alkyl carbamates (subject to hydrolysis) is 1. The number of halogens is 2. The lowest BCUT2D eigenvalue weighted by molar-refractivity contribution is 0.00831. The molecular weight excluding hydrogens is 310 g/mol.